The zero-order chi connectivity index (χ0) is 17.1. The predicted octanol–water partition coefficient (Wildman–Crippen LogP) is 4.62. The number of rotatable bonds is 5. The Kier molecular flexibility index (Phi) is 5.77. The SMILES string of the molecule is CC1CCC(C(C)C)C(CC2(CO)CC=CCC2)(OC(=O)O)C1. The van der Waals surface area contributed by atoms with Crippen LogP contribution in [0.2, 0.25) is 0 Å². The summed E-state index contributed by atoms with van der Waals surface area (Å²) in [5.74, 6) is 1.06. The molecule has 1 fully saturated rings. The minimum absolute atomic E-state index is 0.0985. The van der Waals surface area contributed by atoms with E-state index in [4.69, 9.17) is 4.74 Å². The average molecular weight is 324 g/mol. The highest BCUT2D eigenvalue weighted by Crippen LogP contribution is 2.51. The van der Waals surface area contributed by atoms with Gasteiger partial charge in [-0.15, -0.1) is 0 Å². The summed E-state index contributed by atoms with van der Waals surface area (Å²) in [7, 11) is 0. The molecule has 4 atom stereocenters. The fraction of sp³-hybridized carbons (Fsp3) is 0.842. The Morgan fingerprint density at radius 1 is 1.35 bits per heavy atom. The van der Waals surface area contributed by atoms with Crippen LogP contribution in [0.4, 0.5) is 4.79 Å². The molecule has 0 aromatic rings. The van der Waals surface area contributed by atoms with Crippen molar-refractivity contribution >= 4 is 6.16 Å². The van der Waals surface area contributed by atoms with E-state index >= 15 is 0 Å². The molecule has 0 aliphatic heterocycles. The molecule has 2 N–H and O–H groups in total. The summed E-state index contributed by atoms with van der Waals surface area (Å²) in [6, 6.07) is 0. The Bertz CT molecular complexity index is 445. The third kappa shape index (κ3) is 4.09. The van der Waals surface area contributed by atoms with Gasteiger partial charge < -0.3 is 14.9 Å². The van der Waals surface area contributed by atoms with Crippen LogP contribution in [0.3, 0.4) is 0 Å². The topological polar surface area (TPSA) is 66.8 Å². The molecule has 0 saturated heterocycles. The third-order valence-electron chi connectivity index (χ3n) is 6.00. The summed E-state index contributed by atoms with van der Waals surface area (Å²) in [6.07, 6.45) is 9.32. The number of allylic oxidation sites excluding steroid dienone is 2. The van der Waals surface area contributed by atoms with Gasteiger partial charge in [-0.3, -0.25) is 0 Å². The maximum Gasteiger partial charge on any atom is 0.506 e. The van der Waals surface area contributed by atoms with Crippen molar-refractivity contribution in [3.63, 3.8) is 0 Å². The Hall–Kier alpha value is -1.03. The summed E-state index contributed by atoms with van der Waals surface area (Å²) in [5.41, 5.74) is -0.903. The van der Waals surface area contributed by atoms with Gasteiger partial charge >= 0.3 is 6.16 Å². The first-order chi connectivity index (χ1) is 10.8. The van der Waals surface area contributed by atoms with Crippen molar-refractivity contribution in [2.24, 2.45) is 23.2 Å². The normalized spacial score (nSPS) is 37.8. The molecular weight excluding hydrogens is 292 g/mol. The monoisotopic (exact) mass is 324 g/mol. The second-order valence-corrected chi connectivity index (χ2v) is 8.22. The van der Waals surface area contributed by atoms with E-state index in [9.17, 15) is 15.0 Å². The highest BCUT2D eigenvalue weighted by molar-refractivity contribution is 5.57. The van der Waals surface area contributed by atoms with E-state index in [2.05, 4.69) is 32.9 Å². The van der Waals surface area contributed by atoms with Crippen LogP contribution in [0.25, 0.3) is 0 Å². The van der Waals surface area contributed by atoms with Gasteiger partial charge in [-0.2, -0.15) is 0 Å². The lowest BCUT2D eigenvalue weighted by Gasteiger charge is -2.51. The van der Waals surface area contributed by atoms with Gasteiger partial charge in [-0.1, -0.05) is 39.3 Å². The van der Waals surface area contributed by atoms with Crippen LogP contribution in [-0.4, -0.2) is 28.6 Å². The van der Waals surface area contributed by atoms with E-state index in [1.807, 2.05) is 0 Å². The summed E-state index contributed by atoms with van der Waals surface area (Å²) >= 11 is 0. The van der Waals surface area contributed by atoms with Gasteiger partial charge in [0, 0.05) is 17.9 Å². The van der Waals surface area contributed by atoms with Crippen molar-refractivity contribution in [3.8, 4) is 0 Å². The van der Waals surface area contributed by atoms with Crippen molar-refractivity contribution in [1.82, 2.24) is 0 Å². The van der Waals surface area contributed by atoms with Gasteiger partial charge in [0.15, 0.2) is 0 Å². The van der Waals surface area contributed by atoms with Crippen molar-refractivity contribution < 1.29 is 19.7 Å². The average Bonchev–Trinajstić information content (AvgIpc) is 2.46. The minimum atomic E-state index is -1.18. The lowest BCUT2D eigenvalue weighted by Crippen LogP contribution is -2.52. The van der Waals surface area contributed by atoms with E-state index in [-0.39, 0.29) is 17.9 Å². The Morgan fingerprint density at radius 2 is 2.09 bits per heavy atom. The lowest BCUT2D eigenvalue weighted by atomic mass is 9.59. The lowest BCUT2D eigenvalue weighted by molar-refractivity contribution is -0.133. The van der Waals surface area contributed by atoms with Crippen molar-refractivity contribution in [2.75, 3.05) is 6.61 Å². The smallest absolute Gasteiger partial charge is 0.450 e. The van der Waals surface area contributed by atoms with E-state index in [1.54, 1.807) is 0 Å². The number of carbonyl (C=O) groups is 1. The molecule has 4 unspecified atom stereocenters. The van der Waals surface area contributed by atoms with Crippen LogP contribution in [0.15, 0.2) is 12.2 Å². The zero-order valence-corrected chi connectivity index (χ0v) is 14.8. The number of carboxylic acid groups (broad SMARTS) is 1. The molecule has 0 aromatic carbocycles. The quantitative estimate of drug-likeness (QED) is 0.572. The first-order valence-electron chi connectivity index (χ1n) is 9.00. The van der Waals surface area contributed by atoms with Crippen molar-refractivity contribution in [1.29, 1.82) is 0 Å². The fourth-order valence-electron chi connectivity index (χ4n) is 4.98. The van der Waals surface area contributed by atoms with Crippen molar-refractivity contribution in [3.05, 3.63) is 12.2 Å². The Morgan fingerprint density at radius 3 is 2.61 bits per heavy atom. The predicted molar refractivity (Wildman–Crippen MR) is 90.3 cm³/mol. The van der Waals surface area contributed by atoms with Gasteiger partial charge in [-0.25, -0.2) is 4.79 Å². The number of aliphatic hydroxyl groups excluding tert-OH is 1. The van der Waals surface area contributed by atoms with E-state index < -0.39 is 11.8 Å². The number of ether oxygens (including phenoxy) is 1. The zero-order valence-electron chi connectivity index (χ0n) is 14.8. The first kappa shape index (κ1) is 18.3. The summed E-state index contributed by atoms with van der Waals surface area (Å²) < 4.78 is 5.63. The van der Waals surface area contributed by atoms with E-state index in [0.29, 0.717) is 18.3 Å². The molecule has 0 radical (unpaired) electrons. The van der Waals surface area contributed by atoms with E-state index in [0.717, 1.165) is 38.5 Å². The second kappa shape index (κ2) is 7.25. The van der Waals surface area contributed by atoms with Gasteiger partial charge in [-0.05, 0) is 50.4 Å². The summed E-state index contributed by atoms with van der Waals surface area (Å²) in [6.45, 7) is 6.60. The first-order valence-corrected chi connectivity index (χ1v) is 9.00. The molecule has 23 heavy (non-hydrogen) atoms. The van der Waals surface area contributed by atoms with Gasteiger partial charge in [0.05, 0.1) is 0 Å². The third-order valence-corrected chi connectivity index (χ3v) is 6.00. The van der Waals surface area contributed by atoms with Crippen LogP contribution in [-0.2, 0) is 4.74 Å². The van der Waals surface area contributed by atoms with Crippen LogP contribution in [0, 0.1) is 23.2 Å². The molecule has 0 spiro atoms. The van der Waals surface area contributed by atoms with Gasteiger partial charge in [0.1, 0.15) is 5.60 Å². The Labute approximate surface area is 139 Å². The van der Waals surface area contributed by atoms with Crippen molar-refractivity contribution in [2.45, 2.75) is 71.3 Å². The van der Waals surface area contributed by atoms with Crippen LogP contribution in [0.1, 0.15) is 65.7 Å². The molecule has 4 nitrogen and oxygen atoms in total. The number of hydrogen-bond donors (Lipinski definition) is 2. The van der Waals surface area contributed by atoms with Crippen LogP contribution in [0.5, 0.6) is 0 Å². The fourth-order valence-corrected chi connectivity index (χ4v) is 4.98. The van der Waals surface area contributed by atoms with Crippen LogP contribution >= 0.6 is 0 Å². The molecule has 132 valence electrons. The summed E-state index contributed by atoms with van der Waals surface area (Å²) in [4.78, 5) is 11.5. The molecule has 0 aromatic heterocycles. The number of aliphatic hydroxyl groups is 1. The highest BCUT2D eigenvalue weighted by Gasteiger charge is 2.51. The van der Waals surface area contributed by atoms with Crippen LogP contribution < -0.4 is 0 Å². The molecule has 4 heteroatoms. The maximum atomic E-state index is 11.5. The molecular formula is C19H32O4. The molecule has 1 saturated carbocycles. The molecule has 0 heterocycles. The second-order valence-electron chi connectivity index (χ2n) is 8.22. The van der Waals surface area contributed by atoms with Gasteiger partial charge in [0.2, 0.25) is 0 Å². The standard InChI is InChI=1S/C19H32O4/c1-14(2)16-8-7-15(3)11-19(16,23-17(21)22)12-18(13-20)9-5-4-6-10-18/h4-5,14-16,20H,6-13H2,1-3H3,(H,21,22). The molecule has 2 rings (SSSR count). The van der Waals surface area contributed by atoms with E-state index in [1.165, 1.54) is 0 Å². The highest BCUT2D eigenvalue weighted by atomic mass is 16.7. The minimum Gasteiger partial charge on any atom is -0.450 e. The molecule has 0 bridgehead atoms. The Balaban J connectivity index is 2.35. The molecule has 2 aliphatic carbocycles. The van der Waals surface area contributed by atoms with Gasteiger partial charge in [0.25, 0.3) is 0 Å². The largest absolute Gasteiger partial charge is 0.506 e. The molecule has 0 amide bonds. The number of hydrogen-bond acceptors (Lipinski definition) is 3. The molecule has 2 aliphatic rings. The maximum absolute atomic E-state index is 11.5. The summed E-state index contributed by atoms with van der Waals surface area (Å²) in [5, 5.41) is 19.5.